The fraction of sp³-hybridized carbons (Fsp3) is 0.429. The van der Waals surface area contributed by atoms with E-state index in [0.29, 0.717) is 31.6 Å². The number of benzene rings is 1. The highest BCUT2D eigenvalue weighted by Gasteiger charge is 2.23. The second-order valence-corrected chi connectivity index (χ2v) is 6.19. The van der Waals surface area contributed by atoms with E-state index in [0.717, 1.165) is 0 Å². The molecule has 0 amide bonds. The number of ether oxygens (including phenoxy) is 1. The van der Waals surface area contributed by atoms with Crippen molar-refractivity contribution in [3.63, 3.8) is 0 Å². The molecule has 1 fully saturated rings. The summed E-state index contributed by atoms with van der Waals surface area (Å²) in [5.41, 5.74) is 5.80. The molecule has 0 bridgehead atoms. The highest BCUT2D eigenvalue weighted by atomic mass is 32.2. The Kier molecular flexibility index (Phi) is 5.15. The summed E-state index contributed by atoms with van der Waals surface area (Å²) in [5, 5.41) is 0. The van der Waals surface area contributed by atoms with Gasteiger partial charge in [-0.25, -0.2) is 13.1 Å². The van der Waals surface area contributed by atoms with Gasteiger partial charge in [-0.05, 0) is 25.0 Å². The Labute approximate surface area is 119 Å². The first-order valence-electron chi connectivity index (χ1n) is 6.51. The van der Waals surface area contributed by atoms with Crippen molar-refractivity contribution in [2.75, 3.05) is 19.8 Å². The summed E-state index contributed by atoms with van der Waals surface area (Å²) in [5.74, 6) is 5.48. The van der Waals surface area contributed by atoms with E-state index in [1.165, 1.54) is 0 Å². The maximum absolute atomic E-state index is 12.4. The third kappa shape index (κ3) is 3.81. The van der Waals surface area contributed by atoms with Gasteiger partial charge in [0, 0.05) is 24.8 Å². The van der Waals surface area contributed by atoms with Crippen LogP contribution in [0.1, 0.15) is 18.4 Å². The third-order valence-electron chi connectivity index (χ3n) is 3.04. The predicted molar refractivity (Wildman–Crippen MR) is 76.5 cm³/mol. The highest BCUT2D eigenvalue weighted by molar-refractivity contribution is 7.89. The van der Waals surface area contributed by atoms with Crippen LogP contribution in [0.4, 0.5) is 0 Å². The first-order chi connectivity index (χ1) is 9.63. The topological polar surface area (TPSA) is 81.4 Å². The van der Waals surface area contributed by atoms with Crippen LogP contribution < -0.4 is 10.5 Å². The predicted octanol–water partition coefficient (Wildman–Crippen LogP) is 0.454. The van der Waals surface area contributed by atoms with Crippen molar-refractivity contribution in [1.29, 1.82) is 0 Å². The van der Waals surface area contributed by atoms with Crippen molar-refractivity contribution in [2.45, 2.75) is 23.8 Å². The number of rotatable bonds is 3. The first kappa shape index (κ1) is 15.0. The lowest BCUT2D eigenvalue weighted by Crippen LogP contribution is -2.39. The standard InChI is InChI=1S/C14H18N2O3S/c15-9-3-5-12-4-1-2-6-14(12)20(17,18)16-13-7-10-19-11-8-13/h1-2,4,6,13,16H,7-11,15H2. The maximum atomic E-state index is 12.4. The molecule has 1 aliphatic heterocycles. The molecule has 5 nitrogen and oxygen atoms in total. The van der Waals surface area contributed by atoms with Gasteiger partial charge >= 0.3 is 0 Å². The van der Waals surface area contributed by atoms with E-state index < -0.39 is 10.0 Å². The summed E-state index contributed by atoms with van der Waals surface area (Å²) >= 11 is 0. The van der Waals surface area contributed by atoms with Gasteiger partial charge in [-0.15, -0.1) is 0 Å². The monoisotopic (exact) mass is 294 g/mol. The lowest BCUT2D eigenvalue weighted by Gasteiger charge is -2.23. The van der Waals surface area contributed by atoms with Gasteiger partial charge in [0.05, 0.1) is 11.4 Å². The zero-order valence-corrected chi connectivity index (χ0v) is 11.9. The van der Waals surface area contributed by atoms with Gasteiger partial charge in [-0.2, -0.15) is 0 Å². The molecule has 0 aromatic heterocycles. The van der Waals surface area contributed by atoms with Gasteiger partial charge < -0.3 is 10.5 Å². The summed E-state index contributed by atoms with van der Waals surface area (Å²) < 4.78 is 32.8. The average Bonchev–Trinajstić information content (AvgIpc) is 2.46. The minimum Gasteiger partial charge on any atom is -0.381 e. The minimum atomic E-state index is -3.57. The Morgan fingerprint density at radius 3 is 2.70 bits per heavy atom. The quantitative estimate of drug-likeness (QED) is 0.793. The van der Waals surface area contributed by atoms with Crippen LogP contribution in [0.5, 0.6) is 0 Å². The molecule has 1 saturated heterocycles. The first-order valence-corrected chi connectivity index (χ1v) is 8.00. The molecule has 1 heterocycles. The molecule has 1 aromatic carbocycles. The normalized spacial score (nSPS) is 16.4. The van der Waals surface area contributed by atoms with E-state index in [1.807, 2.05) is 0 Å². The fourth-order valence-electron chi connectivity index (χ4n) is 2.05. The molecule has 0 saturated carbocycles. The van der Waals surface area contributed by atoms with E-state index in [2.05, 4.69) is 16.6 Å². The van der Waals surface area contributed by atoms with Gasteiger partial charge in [-0.3, -0.25) is 0 Å². The van der Waals surface area contributed by atoms with E-state index >= 15 is 0 Å². The van der Waals surface area contributed by atoms with Crippen LogP contribution in [-0.4, -0.2) is 34.2 Å². The Bertz CT molecular complexity index is 611. The van der Waals surface area contributed by atoms with Crippen molar-refractivity contribution in [3.05, 3.63) is 29.8 Å². The van der Waals surface area contributed by atoms with E-state index in [1.54, 1.807) is 24.3 Å². The van der Waals surface area contributed by atoms with Gasteiger partial charge in [0.2, 0.25) is 10.0 Å². The molecule has 0 aliphatic carbocycles. The Morgan fingerprint density at radius 2 is 2.00 bits per heavy atom. The zero-order valence-electron chi connectivity index (χ0n) is 11.1. The Hall–Kier alpha value is -1.39. The summed E-state index contributed by atoms with van der Waals surface area (Å²) in [6.07, 6.45) is 1.38. The molecule has 3 N–H and O–H groups in total. The van der Waals surface area contributed by atoms with Crippen molar-refractivity contribution in [3.8, 4) is 11.8 Å². The van der Waals surface area contributed by atoms with E-state index in [-0.39, 0.29) is 17.5 Å². The third-order valence-corrected chi connectivity index (χ3v) is 4.62. The molecule has 0 radical (unpaired) electrons. The second kappa shape index (κ2) is 6.86. The van der Waals surface area contributed by atoms with Gasteiger partial charge in [-0.1, -0.05) is 24.0 Å². The smallest absolute Gasteiger partial charge is 0.242 e. The lowest BCUT2D eigenvalue weighted by molar-refractivity contribution is 0.0832. The molecule has 2 rings (SSSR count). The molecule has 0 atom stereocenters. The number of nitrogens with one attached hydrogen (secondary N) is 1. The largest absolute Gasteiger partial charge is 0.381 e. The number of nitrogens with two attached hydrogens (primary N) is 1. The molecule has 1 aromatic rings. The van der Waals surface area contributed by atoms with Gasteiger partial charge in [0.15, 0.2) is 0 Å². The highest BCUT2D eigenvalue weighted by Crippen LogP contribution is 2.17. The molecule has 0 spiro atoms. The van der Waals surface area contributed by atoms with Crippen molar-refractivity contribution in [1.82, 2.24) is 4.72 Å². The van der Waals surface area contributed by atoms with Gasteiger partial charge in [0.25, 0.3) is 0 Å². The van der Waals surface area contributed by atoms with Crippen LogP contribution in [0.15, 0.2) is 29.2 Å². The Balaban J connectivity index is 2.24. The van der Waals surface area contributed by atoms with Crippen molar-refractivity contribution >= 4 is 10.0 Å². The van der Waals surface area contributed by atoms with Gasteiger partial charge in [0.1, 0.15) is 0 Å². The molecular weight excluding hydrogens is 276 g/mol. The van der Waals surface area contributed by atoms with E-state index in [9.17, 15) is 8.42 Å². The molecule has 108 valence electrons. The number of sulfonamides is 1. The van der Waals surface area contributed by atoms with Crippen LogP contribution >= 0.6 is 0 Å². The molecular formula is C14H18N2O3S. The fourth-order valence-corrected chi connectivity index (χ4v) is 3.52. The SMILES string of the molecule is NCC#Cc1ccccc1S(=O)(=O)NC1CCOCC1. The lowest BCUT2D eigenvalue weighted by atomic mass is 10.1. The molecule has 1 aliphatic rings. The molecule has 20 heavy (non-hydrogen) atoms. The number of hydrogen-bond acceptors (Lipinski definition) is 4. The van der Waals surface area contributed by atoms with Crippen LogP contribution in [0.3, 0.4) is 0 Å². The van der Waals surface area contributed by atoms with Crippen LogP contribution in [0.25, 0.3) is 0 Å². The summed E-state index contributed by atoms with van der Waals surface area (Å²) in [6, 6.07) is 6.60. The van der Waals surface area contributed by atoms with Crippen molar-refractivity contribution in [2.24, 2.45) is 5.73 Å². The molecule has 6 heteroatoms. The van der Waals surface area contributed by atoms with Crippen LogP contribution in [0.2, 0.25) is 0 Å². The van der Waals surface area contributed by atoms with Crippen molar-refractivity contribution < 1.29 is 13.2 Å². The second-order valence-electron chi connectivity index (χ2n) is 4.51. The summed E-state index contributed by atoms with van der Waals surface area (Å²) in [6.45, 7) is 1.37. The minimum absolute atomic E-state index is 0.0794. The van der Waals surface area contributed by atoms with Crippen LogP contribution in [0, 0.1) is 11.8 Å². The van der Waals surface area contributed by atoms with Crippen LogP contribution in [-0.2, 0) is 14.8 Å². The Morgan fingerprint density at radius 1 is 1.30 bits per heavy atom. The number of hydrogen-bond donors (Lipinski definition) is 2. The zero-order chi connectivity index (χ0) is 14.4. The maximum Gasteiger partial charge on any atom is 0.242 e. The summed E-state index contributed by atoms with van der Waals surface area (Å²) in [7, 11) is -3.57. The molecule has 0 unspecified atom stereocenters. The average molecular weight is 294 g/mol. The van der Waals surface area contributed by atoms with E-state index in [4.69, 9.17) is 10.5 Å². The summed E-state index contributed by atoms with van der Waals surface area (Å²) in [4.78, 5) is 0.201.